The van der Waals surface area contributed by atoms with Gasteiger partial charge >= 0.3 is 0 Å². The Kier molecular flexibility index (Phi) is 5.92. The van der Waals surface area contributed by atoms with Crippen LogP contribution in [0.25, 0.3) is 0 Å². The average Bonchev–Trinajstić information content (AvgIpc) is 3.43. The lowest BCUT2D eigenvalue weighted by atomic mass is 10.2. The van der Waals surface area contributed by atoms with Crippen molar-refractivity contribution in [2.75, 3.05) is 26.3 Å². The topological polar surface area (TPSA) is 98.8 Å². The van der Waals surface area contributed by atoms with Gasteiger partial charge in [-0.25, -0.2) is 0 Å². The lowest BCUT2D eigenvalue weighted by Crippen LogP contribution is -2.41. The molecule has 0 aliphatic carbocycles. The standard InChI is InChI=1S/C21H28N4O5/c1-13-14(2)23-25(15(13)3)7-6-20(26)22-16-11-29-18-9-24(10-19(18)30-12-16)21(27)17-5-4-8-28-17/h4-5,8,16,18-19H,6-7,9-12H2,1-3H3,(H,22,26)/t18-,19-/m0/s1. The first kappa shape index (κ1) is 20.6. The van der Waals surface area contributed by atoms with E-state index < -0.39 is 0 Å². The second kappa shape index (κ2) is 8.61. The summed E-state index contributed by atoms with van der Waals surface area (Å²) in [5, 5.41) is 7.46. The highest BCUT2D eigenvalue weighted by Crippen LogP contribution is 2.22. The zero-order chi connectivity index (χ0) is 21.3. The molecule has 0 aromatic carbocycles. The molecular weight excluding hydrogens is 388 g/mol. The molecule has 2 aliphatic heterocycles. The smallest absolute Gasteiger partial charge is 0.289 e. The highest BCUT2D eigenvalue weighted by molar-refractivity contribution is 5.91. The molecule has 4 heterocycles. The molecule has 0 saturated carbocycles. The molecule has 2 saturated heterocycles. The predicted molar refractivity (Wildman–Crippen MR) is 107 cm³/mol. The number of aromatic nitrogens is 2. The molecule has 2 aromatic rings. The second-order valence-corrected chi connectivity index (χ2v) is 7.96. The number of aryl methyl sites for hydroxylation is 2. The first-order chi connectivity index (χ1) is 14.4. The number of hydrogen-bond acceptors (Lipinski definition) is 6. The summed E-state index contributed by atoms with van der Waals surface area (Å²) in [5.41, 5.74) is 3.24. The largest absolute Gasteiger partial charge is 0.459 e. The van der Waals surface area contributed by atoms with E-state index in [9.17, 15) is 9.59 Å². The van der Waals surface area contributed by atoms with Crippen LogP contribution >= 0.6 is 0 Å². The van der Waals surface area contributed by atoms with Crippen molar-refractivity contribution in [2.24, 2.45) is 0 Å². The van der Waals surface area contributed by atoms with Crippen molar-refractivity contribution in [3.63, 3.8) is 0 Å². The fourth-order valence-electron chi connectivity index (χ4n) is 3.91. The summed E-state index contributed by atoms with van der Waals surface area (Å²) in [4.78, 5) is 26.5. The highest BCUT2D eigenvalue weighted by Gasteiger charge is 2.40. The SMILES string of the molecule is Cc1nn(CCC(=O)NC2CO[C@H]3CN(C(=O)c4ccco4)C[C@@H]3OC2)c(C)c1C. The molecule has 30 heavy (non-hydrogen) atoms. The molecule has 0 spiro atoms. The molecule has 1 N–H and O–H groups in total. The van der Waals surface area contributed by atoms with E-state index in [1.54, 1.807) is 17.0 Å². The van der Waals surface area contributed by atoms with E-state index in [-0.39, 0.29) is 30.1 Å². The van der Waals surface area contributed by atoms with Crippen LogP contribution in [0.5, 0.6) is 0 Å². The Bertz CT molecular complexity index is 891. The number of nitrogens with one attached hydrogen (secondary N) is 1. The zero-order valence-corrected chi connectivity index (χ0v) is 17.6. The third-order valence-corrected chi connectivity index (χ3v) is 5.92. The van der Waals surface area contributed by atoms with Gasteiger partial charge in [-0.1, -0.05) is 0 Å². The van der Waals surface area contributed by atoms with E-state index >= 15 is 0 Å². The Balaban J connectivity index is 1.24. The Labute approximate surface area is 175 Å². The molecular formula is C21H28N4O5. The number of ether oxygens (including phenoxy) is 2. The maximum absolute atomic E-state index is 12.4. The minimum Gasteiger partial charge on any atom is -0.459 e. The fourth-order valence-corrected chi connectivity index (χ4v) is 3.91. The van der Waals surface area contributed by atoms with Gasteiger partial charge in [-0.05, 0) is 38.5 Å². The second-order valence-electron chi connectivity index (χ2n) is 7.96. The summed E-state index contributed by atoms with van der Waals surface area (Å²) in [7, 11) is 0. The van der Waals surface area contributed by atoms with Crippen molar-refractivity contribution in [2.45, 2.75) is 52.0 Å². The van der Waals surface area contributed by atoms with E-state index in [4.69, 9.17) is 13.9 Å². The summed E-state index contributed by atoms with van der Waals surface area (Å²) in [6.07, 6.45) is 1.42. The minimum absolute atomic E-state index is 0.0564. The molecule has 162 valence electrons. The monoisotopic (exact) mass is 416 g/mol. The van der Waals surface area contributed by atoms with Gasteiger partial charge in [0.2, 0.25) is 5.91 Å². The first-order valence-corrected chi connectivity index (χ1v) is 10.3. The van der Waals surface area contributed by atoms with Gasteiger partial charge in [-0.3, -0.25) is 14.3 Å². The average molecular weight is 416 g/mol. The van der Waals surface area contributed by atoms with Gasteiger partial charge in [-0.2, -0.15) is 5.10 Å². The summed E-state index contributed by atoms with van der Waals surface area (Å²) in [6, 6.07) is 3.13. The van der Waals surface area contributed by atoms with E-state index in [1.165, 1.54) is 6.26 Å². The molecule has 2 aliphatic rings. The fraction of sp³-hybridized carbons (Fsp3) is 0.571. The summed E-state index contributed by atoms with van der Waals surface area (Å²) < 4.78 is 19.0. The molecule has 2 aromatic heterocycles. The van der Waals surface area contributed by atoms with Gasteiger partial charge in [0.05, 0.1) is 44.3 Å². The van der Waals surface area contributed by atoms with Crippen LogP contribution < -0.4 is 5.32 Å². The van der Waals surface area contributed by atoms with Crippen LogP contribution in [0.4, 0.5) is 0 Å². The number of amides is 2. The molecule has 4 rings (SSSR count). The van der Waals surface area contributed by atoms with Crippen molar-refractivity contribution in [1.29, 1.82) is 0 Å². The molecule has 9 heteroatoms. The molecule has 0 radical (unpaired) electrons. The number of rotatable bonds is 5. The van der Waals surface area contributed by atoms with Gasteiger partial charge in [0.1, 0.15) is 12.2 Å². The Morgan fingerprint density at radius 1 is 1.17 bits per heavy atom. The number of nitrogens with zero attached hydrogens (tertiary/aromatic N) is 3. The quantitative estimate of drug-likeness (QED) is 0.787. The van der Waals surface area contributed by atoms with Crippen LogP contribution in [-0.4, -0.2) is 71.0 Å². The van der Waals surface area contributed by atoms with Crippen LogP contribution in [0, 0.1) is 20.8 Å². The maximum Gasteiger partial charge on any atom is 0.289 e. The number of hydrogen-bond donors (Lipinski definition) is 1. The molecule has 9 nitrogen and oxygen atoms in total. The lowest BCUT2D eigenvalue weighted by Gasteiger charge is -2.19. The van der Waals surface area contributed by atoms with E-state index in [2.05, 4.69) is 10.4 Å². The number of fused-ring (bicyclic) bond motifs is 1. The maximum atomic E-state index is 12.4. The minimum atomic E-state index is -0.209. The number of likely N-dealkylation sites (tertiary alicyclic amines) is 1. The van der Waals surface area contributed by atoms with Crippen LogP contribution in [0.1, 0.15) is 33.9 Å². The molecule has 0 unspecified atom stereocenters. The molecule has 2 amide bonds. The van der Waals surface area contributed by atoms with Crippen LogP contribution in [-0.2, 0) is 20.8 Å². The predicted octanol–water partition coefficient (Wildman–Crippen LogP) is 1.22. The van der Waals surface area contributed by atoms with Gasteiger partial charge in [0, 0.05) is 18.7 Å². The van der Waals surface area contributed by atoms with Crippen LogP contribution in [0.2, 0.25) is 0 Å². The van der Waals surface area contributed by atoms with Crippen molar-refractivity contribution in [1.82, 2.24) is 20.0 Å². The Morgan fingerprint density at radius 3 is 2.43 bits per heavy atom. The first-order valence-electron chi connectivity index (χ1n) is 10.3. The van der Waals surface area contributed by atoms with E-state index in [0.29, 0.717) is 45.0 Å². The molecule has 0 bridgehead atoms. The summed E-state index contributed by atoms with van der Waals surface area (Å²) in [6.45, 7) is 8.16. The van der Waals surface area contributed by atoms with Gasteiger partial charge in [0.15, 0.2) is 5.76 Å². The normalized spacial score (nSPS) is 22.0. The number of carbonyl (C=O) groups is 2. The Hall–Kier alpha value is -2.65. The third kappa shape index (κ3) is 4.27. The third-order valence-electron chi connectivity index (χ3n) is 5.92. The lowest BCUT2D eigenvalue weighted by molar-refractivity contribution is -0.122. The number of carbonyl (C=O) groups excluding carboxylic acids is 2. The molecule has 2 fully saturated rings. The summed E-state index contributed by atoms with van der Waals surface area (Å²) in [5.74, 6) is 0.0954. The van der Waals surface area contributed by atoms with Gasteiger partial charge < -0.3 is 24.1 Å². The van der Waals surface area contributed by atoms with Crippen molar-refractivity contribution in [3.8, 4) is 0 Å². The van der Waals surface area contributed by atoms with E-state index in [1.807, 2.05) is 25.5 Å². The van der Waals surface area contributed by atoms with E-state index in [0.717, 1.165) is 17.0 Å². The Morgan fingerprint density at radius 2 is 1.87 bits per heavy atom. The molecule has 2 atom stereocenters. The van der Waals surface area contributed by atoms with Crippen LogP contribution in [0.3, 0.4) is 0 Å². The van der Waals surface area contributed by atoms with Gasteiger partial charge in [0.25, 0.3) is 5.91 Å². The number of furan rings is 1. The highest BCUT2D eigenvalue weighted by atomic mass is 16.6. The van der Waals surface area contributed by atoms with Crippen molar-refractivity contribution >= 4 is 11.8 Å². The zero-order valence-electron chi connectivity index (χ0n) is 17.6. The van der Waals surface area contributed by atoms with Crippen molar-refractivity contribution in [3.05, 3.63) is 41.1 Å². The van der Waals surface area contributed by atoms with Gasteiger partial charge in [-0.15, -0.1) is 0 Å². The van der Waals surface area contributed by atoms with Crippen LogP contribution in [0.15, 0.2) is 22.8 Å². The summed E-state index contributed by atoms with van der Waals surface area (Å²) >= 11 is 0. The van der Waals surface area contributed by atoms with Crippen molar-refractivity contribution < 1.29 is 23.5 Å².